The fourth-order valence-corrected chi connectivity index (χ4v) is 10.3. The third-order valence-electron chi connectivity index (χ3n) is 12.2. The average molecular weight is 788 g/mol. The van der Waals surface area contributed by atoms with E-state index in [0.717, 1.165) is 11.1 Å². The Balaban J connectivity index is 1.59. The van der Waals surface area contributed by atoms with Gasteiger partial charge in [0.15, 0.2) is 22.7 Å². The number of carbonyl (C=O) groups is 2. The number of benzene rings is 1. The Bertz CT molecular complexity index is 2240. The summed E-state index contributed by atoms with van der Waals surface area (Å²) in [7, 11) is -3.96. The second kappa shape index (κ2) is 13.2. The van der Waals surface area contributed by atoms with Crippen molar-refractivity contribution in [1.29, 1.82) is 5.26 Å². The van der Waals surface area contributed by atoms with Gasteiger partial charge in [0.1, 0.15) is 22.9 Å². The molecule has 1 saturated heterocycles. The molecule has 3 saturated carbocycles. The maximum atomic E-state index is 15.2. The van der Waals surface area contributed by atoms with E-state index in [2.05, 4.69) is 17.5 Å². The van der Waals surface area contributed by atoms with E-state index in [-0.39, 0.29) is 52.7 Å². The monoisotopic (exact) mass is 787 g/mol. The van der Waals surface area contributed by atoms with Crippen molar-refractivity contribution < 1.29 is 47.4 Å². The summed E-state index contributed by atoms with van der Waals surface area (Å²) in [6.07, 6.45) is 11.2. The number of nitrogens with zero attached hydrogens (tertiary/aromatic N) is 1. The first-order valence-corrected chi connectivity index (χ1v) is 20.4. The molecule has 13 nitrogen and oxygen atoms in total. The molecule has 4 heterocycles. The number of allylic oxidation sites excluding steroid dienone is 5. The average Bonchev–Trinajstić information content (AvgIpc) is 3.25. The number of carbonyl (C=O) groups excluding carboxylic acids is 2. The van der Waals surface area contributed by atoms with E-state index in [1.165, 1.54) is 7.11 Å². The van der Waals surface area contributed by atoms with E-state index in [1.807, 2.05) is 60.6 Å². The van der Waals surface area contributed by atoms with Gasteiger partial charge in [0, 0.05) is 40.9 Å². The lowest BCUT2D eigenvalue weighted by Crippen LogP contribution is -2.75. The van der Waals surface area contributed by atoms with Crippen molar-refractivity contribution in [3.8, 4) is 23.3 Å². The van der Waals surface area contributed by atoms with E-state index in [4.69, 9.17) is 29.2 Å². The molecule has 4 fully saturated rings. The Morgan fingerprint density at radius 2 is 1.80 bits per heavy atom. The molecule has 4 bridgehead atoms. The molecule has 8 rings (SSSR count). The van der Waals surface area contributed by atoms with Crippen molar-refractivity contribution in [3.05, 3.63) is 74.7 Å². The first kappa shape index (κ1) is 39.6. The second-order valence-electron chi connectivity index (χ2n) is 16.9. The van der Waals surface area contributed by atoms with Gasteiger partial charge >= 0.3 is 13.8 Å². The highest BCUT2D eigenvalue weighted by molar-refractivity contribution is 7.46. The highest BCUT2D eigenvalue weighted by atomic mass is 31.2. The molecule has 298 valence electrons. The highest BCUT2D eigenvalue weighted by Gasteiger charge is 2.84. The van der Waals surface area contributed by atoms with Crippen LogP contribution in [0.2, 0.25) is 0 Å². The van der Waals surface area contributed by atoms with Gasteiger partial charge in [-0.3, -0.25) is 14.6 Å². The van der Waals surface area contributed by atoms with Crippen LogP contribution in [0, 0.1) is 29.1 Å². The van der Waals surface area contributed by atoms with Crippen LogP contribution in [-0.2, 0) is 30.0 Å². The standard InChI is InChI=1S/C42H50N3O10P/c1-21(2)11-10-16-40(8)17-15-25-33(52-40)24(13-12-22(3)4)34-30(35(25)54-56(48,49)50)32-31-29(27(20-43)37(44)45-32)26-19-28-39(6,7)55-41(36(26)46,42(28,31)53-34)18-14-23(5)38(47)51-9/h11-12,14-15,17,26,28-29,45H,10,13,16,18-19,44H2,1-9H3,(H2,48,49,50)/b23-14-. The third-order valence-corrected chi connectivity index (χ3v) is 12.6. The maximum absolute atomic E-state index is 15.2. The van der Waals surface area contributed by atoms with Crippen LogP contribution in [0.15, 0.2) is 58.0 Å². The fourth-order valence-electron chi connectivity index (χ4n) is 9.87. The summed E-state index contributed by atoms with van der Waals surface area (Å²) in [6, 6.07) is 2.24. The Labute approximate surface area is 327 Å². The van der Waals surface area contributed by atoms with E-state index < -0.39 is 53.9 Å². The van der Waals surface area contributed by atoms with Crippen LogP contribution in [0.5, 0.6) is 17.2 Å². The number of nitrogens with two attached hydrogens (primary N) is 1. The zero-order valence-corrected chi connectivity index (χ0v) is 34.2. The Hall–Kier alpha value is -4.60. The molecule has 0 aromatic heterocycles. The normalized spacial score (nSPS) is 30.2. The smallest absolute Gasteiger partial charge is 0.482 e. The van der Waals surface area contributed by atoms with Gasteiger partial charge in [-0.1, -0.05) is 29.4 Å². The van der Waals surface area contributed by atoms with Crippen LogP contribution in [0.3, 0.4) is 0 Å². The van der Waals surface area contributed by atoms with Crippen molar-refractivity contribution in [3.63, 3.8) is 0 Å². The Morgan fingerprint density at radius 1 is 1.11 bits per heavy atom. The Morgan fingerprint density at radius 3 is 2.43 bits per heavy atom. The van der Waals surface area contributed by atoms with Crippen molar-refractivity contribution in [1.82, 2.24) is 5.32 Å². The summed E-state index contributed by atoms with van der Waals surface area (Å²) in [5, 5.41) is 13.8. The maximum Gasteiger partial charge on any atom is 0.524 e. The number of dihydropyridines is 1. The zero-order chi connectivity index (χ0) is 40.9. The molecule has 0 radical (unpaired) electrons. The number of methoxy groups -OCH3 is 1. The number of esters is 1. The molecule has 6 unspecified atom stereocenters. The number of rotatable bonds is 10. The van der Waals surface area contributed by atoms with Crippen LogP contribution in [-0.4, -0.2) is 51.1 Å². The molecular weight excluding hydrogens is 737 g/mol. The number of phosphoric acid groups is 1. The predicted octanol–water partition coefficient (Wildman–Crippen LogP) is 6.61. The number of nitrogens with one attached hydrogen (secondary N) is 1. The van der Waals surface area contributed by atoms with Crippen molar-refractivity contribution in [2.24, 2.45) is 23.5 Å². The topological polar surface area (TPSA) is 200 Å². The molecule has 7 aliphatic rings. The van der Waals surface area contributed by atoms with Gasteiger partial charge in [-0.05, 0) is 93.2 Å². The molecule has 4 aliphatic heterocycles. The highest BCUT2D eigenvalue weighted by Crippen LogP contribution is 2.74. The van der Waals surface area contributed by atoms with Gasteiger partial charge in [0.05, 0.1) is 41.2 Å². The minimum Gasteiger partial charge on any atom is -0.482 e. The number of hydrogen-bond donors (Lipinski definition) is 4. The largest absolute Gasteiger partial charge is 0.524 e. The Kier molecular flexibility index (Phi) is 9.37. The number of ether oxygens (including phenoxy) is 4. The summed E-state index contributed by atoms with van der Waals surface area (Å²) < 4.78 is 44.9. The van der Waals surface area contributed by atoms with Crippen molar-refractivity contribution in [2.45, 2.75) is 110 Å². The number of fused-ring (bicyclic) bond motifs is 3. The van der Waals surface area contributed by atoms with E-state index in [9.17, 15) is 24.4 Å². The molecule has 3 aliphatic carbocycles. The van der Waals surface area contributed by atoms with Crippen molar-refractivity contribution in [2.75, 3.05) is 7.11 Å². The fraction of sp³-hybridized carbons (Fsp3) is 0.500. The van der Waals surface area contributed by atoms with Crippen LogP contribution in [0.1, 0.15) is 97.8 Å². The third kappa shape index (κ3) is 5.79. The van der Waals surface area contributed by atoms with Crippen LogP contribution >= 0.6 is 7.82 Å². The lowest BCUT2D eigenvalue weighted by atomic mass is 9.45. The number of ketones is 1. The van der Waals surface area contributed by atoms with E-state index in [1.54, 1.807) is 19.1 Å². The first-order chi connectivity index (χ1) is 26.1. The van der Waals surface area contributed by atoms with Gasteiger partial charge in [-0.2, -0.15) is 5.26 Å². The van der Waals surface area contributed by atoms with Gasteiger partial charge in [0.2, 0.25) is 0 Å². The quantitative estimate of drug-likeness (QED) is 0.0856. The minimum atomic E-state index is -5.24. The summed E-state index contributed by atoms with van der Waals surface area (Å²) in [5.41, 5.74) is 6.06. The van der Waals surface area contributed by atoms with Gasteiger partial charge < -0.3 is 34.5 Å². The minimum absolute atomic E-state index is 0.00643. The van der Waals surface area contributed by atoms with E-state index in [0.29, 0.717) is 47.4 Å². The molecule has 1 spiro atoms. The van der Waals surface area contributed by atoms with Gasteiger partial charge in [-0.25, -0.2) is 9.36 Å². The molecule has 0 amide bonds. The molecule has 1 aromatic rings. The number of hydrogen-bond acceptors (Lipinski definition) is 11. The van der Waals surface area contributed by atoms with Gasteiger partial charge in [0.25, 0.3) is 0 Å². The molecule has 56 heavy (non-hydrogen) atoms. The first-order valence-electron chi connectivity index (χ1n) is 18.9. The summed E-state index contributed by atoms with van der Waals surface area (Å²) in [4.78, 5) is 48.8. The number of nitriles is 1. The summed E-state index contributed by atoms with van der Waals surface area (Å²) >= 11 is 0. The van der Waals surface area contributed by atoms with Crippen LogP contribution < -0.4 is 25.0 Å². The van der Waals surface area contributed by atoms with Crippen LogP contribution in [0.25, 0.3) is 11.8 Å². The van der Waals surface area contributed by atoms with E-state index >= 15 is 4.79 Å². The molecular formula is C42H50N3O10P. The summed E-state index contributed by atoms with van der Waals surface area (Å²) in [6.45, 7) is 15.3. The molecule has 1 aromatic carbocycles. The summed E-state index contributed by atoms with van der Waals surface area (Å²) in [5.74, 6) is -2.60. The lowest BCUT2D eigenvalue weighted by Gasteiger charge is -2.62. The van der Waals surface area contributed by atoms with Crippen LogP contribution in [0.4, 0.5) is 0 Å². The predicted molar refractivity (Wildman–Crippen MR) is 208 cm³/mol. The second-order valence-corrected chi connectivity index (χ2v) is 18.1. The molecule has 6 atom stereocenters. The molecule has 5 N–H and O–H groups in total. The lowest BCUT2D eigenvalue weighted by molar-refractivity contribution is -0.181. The molecule has 14 heteroatoms. The number of Topliss-reactive ketones (excluding diaryl/α,β-unsaturated/α-hetero) is 1. The number of phosphoric ester groups is 1. The SMILES string of the molecule is COC(=O)/C(C)=C\CC12OC(C)(C)C3CC(C1=O)C1C(C#N)=C(N)NC4=C1C32Oc1c(CC=C(C)C)c2c(c(OP(=O)(O)O)c14)C=CC(C)(CCC=C(C)C)O2. The van der Waals surface area contributed by atoms with Crippen molar-refractivity contribution >= 4 is 31.3 Å². The van der Waals surface area contributed by atoms with Gasteiger partial charge in [-0.15, -0.1) is 0 Å². The zero-order valence-electron chi connectivity index (χ0n) is 33.3.